The molecule has 0 aliphatic carbocycles. The van der Waals surface area contributed by atoms with Crippen LogP contribution in [0.1, 0.15) is 44.5 Å². The molecule has 0 radical (unpaired) electrons. The Labute approximate surface area is 261 Å². The molecule has 1 amide bonds. The number of amides is 1. The Hall–Kier alpha value is -5.03. The highest BCUT2D eigenvalue weighted by molar-refractivity contribution is 5.82. The monoisotopic (exact) mass is 649 g/mol. The first-order valence-electron chi connectivity index (χ1n) is 13.9. The van der Waals surface area contributed by atoms with Gasteiger partial charge in [0.2, 0.25) is 0 Å². The van der Waals surface area contributed by atoms with Gasteiger partial charge in [0.05, 0.1) is 13.2 Å². The SMILES string of the molecule is COC(=O)[C@@H](NC(=O)OCc1ccccc1)[C@H]1C[C@@](O)([C@H](COC(C)=O)OC(C)=O)[C@@H](OC(C)=O)[C@H](n2cc(C)c(=O)[nH]c2=O)O1. The largest absolute Gasteiger partial charge is 0.467 e. The molecule has 0 saturated carbocycles. The summed E-state index contributed by atoms with van der Waals surface area (Å²) in [5, 5.41) is 14.6. The molecule has 0 unspecified atom stereocenters. The molecule has 1 aliphatic rings. The number of H-pyrrole nitrogens is 1. The Balaban J connectivity index is 2.15. The van der Waals surface area contributed by atoms with E-state index in [1.54, 1.807) is 30.3 Å². The molecule has 250 valence electrons. The maximum Gasteiger partial charge on any atom is 0.408 e. The molecule has 46 heavy (non-hydrogen) atoms. The number of alkyl carbamates (subject to hydrolysis) is 1. The summed E-state index contributed by atoms with van der Waals surface area (Å²) in [4.78, 5) is 89.3. The van der Waals surface area contributed by atoms with E-state index >= 15 is 0 Å². The second-order valence-corrected chi connectivity index (χ2v) is 10.4. The predicted octanol–water partition coefficient (Wildman–Crippen LogP) is -0.242. The van der Waals surface area contributed by atoms with E-state index in [0.29, 0.717) is 5.56 Å². The maximum absolute atomic E-state index is 13.1. The molecule has 1 aliphatic heterocycles. The lowest BCUT2D eigenvalue weighted by atomic mass is 9.79. The van der Waals surface area contributed by atoms with Crippen molar-refractivity contribution in [3.05, 3.63) is 68.5 Å². The number of methoxy groups -OCH3 is 1. The summed E-state index contributed by atoms with van der Waals surface area (Å²) in [6.07, 6.45) is -7.92. The molecule has 2 heterocycles. The van der Waals surface area contributed by atoms with Crippen molar-refractivity contribution in [2.24, 2.45) is 0 Å². The van der Waals surface area contributed by atoms with E-state index in [9.17, 15) is 38.7 Å². The van der Waals surface area contributed by atoms with Crippen LogP contribution in [-0.4, -0.2) is 88.3 Å². The highest BCUT2D eigenvalue weighted by Gasteiger charge is 2.60. The van der Waals surface area contributed by atoms with E-state index in [0.717, 1.165) is 38.6 Å². The number of nitrogens with zero attached hydrogens (tertiary/aromatic N) is 1. The lowest BCUT2D eigenvalue weighted by Gasteiger charge is -2.49. The van der Waals surface area contributed by atoms with Crippen LogP contribution in [-0.2, 0) is 54.2 Å². The molecular weight excluding hydrogens is 614 g/mol. The molecule has 1 saturated heterocycles. The number of benzene rings is 1. The van der Waals surface area contributed by atoms with Gasteiger partial charge in [0.1, 0.15) is 18.8 Å². The summed E-state index contributed by atoms with van der Waals surface area (Å²) in [5.74, 6) is -3.84. The highest BCUT2D eigenvalue weighted by atomic mass is 16.6. The zero-order valence-electron chi connectivity index (χ0n) is 25.7. The first-order valence-corrected chi connectivity index (χ1v) is 13.9. The van der Waals surface area contributed by atoms with Crippen molar-refractivity contribution in [3.8, 4) is 0 Å². The summed E-state index contributed by atoms with van der Waals surface area (Å²) in [6, 6.07) is 6.85. The van der Waals surface area contributed by atoms with Crippen LogP contribution < -0.4 is 16.6 Å². The highest BCUT2D eigenvalue weighted by Crippen LogP contribution is 2.41. The fourth-order valence-corrected chi connectivity index (χ4v) is 4.82. The van der Waals surface area contributed by atoms with Crippen LogP contribution >= 0.6 is 0 Å². The Morgan fingerprint density at radius 1 is 1.07 bits per heavy atom. The number of aromatic amines is 1. The van der Waals surface area contributed by atoms with E-state index in [1.165, 1.54) is 6.92 Å². The standard InChI is InChI=1S/C29H35N3O14/c1-15-12-32(27(38)31-24(15)36)25-23(45-18(4)35)29(40,21(44-17(3)34)14-42-16(2)33)11-20(46-25)22(26(37)41-5)30-28(39)43-13-19-9-7-6-8-10-19/h6-10,12,20-23,25,40H,11,13-14H2,1-5H3,(H,30,39)(H,31,36,38)/t20-,21+,22+,23+,25-,29-/m1/s1. The van der Waals surface area contributed by atoms with Crippen LogP contribution in [0.5, 0.6) is 0 Å². The molecule has 3 rings (SSSR count). The molecule has 1 fully saturated rings. The molecule has 2 aromatic rings. The fraction of sp³-hybridized carbons (Fsp3) is 0.483. The van der Waals surface area contributed by atoms with Gasteiger partial charge in [0.15, 0.2) is 24.5 Å². The third-order valence-corrected chi connectivity index (χ3v) is 6.92. The summed E-state index contributed by atoms with van der Waals surface area (Å²) < 4.78 is 32.7. The topological polar surface area (TPSA) is 228 Å². The average Bonchev–Trinajstić information content (AvgIpc) is 2.99. The average molecular weight is 650 g/mol. The molecular formula is C29H35N3O14. The fourth-order valence-electron chi connectivity index (χ4n) is 4.82. The van der Waals surface area contributed by atoms with Gasteiger partial charge in [0, 0.05) is 39.0 Å². The number of hydrogen-bond acceptors (Lipinski definition) is 14. The van der Waals surface area contributed by atoms with Gasteiger partial charge in [-0.25, -0.2) is 14.4 Å². The molecule has 6 atom stereocenters. The van der Waals surface area contributed by atoms with Crippen LogP contribution in [0.2, 0.25) is 0 Å². The Morgan fingerprint density at radius 2 is 1.74 bits per heavy atom. The number of hydrogen-bond donors (Lipinski definition) is 3. The number of carbonyl (C=O) groups is 5. The van der Waals surface area contributed by atoms with Gasteiger partial charge in [-0.3, -0.25) is 28.7 Å². The molecule has 3 N–H and O–H groups in total. The predicted molar refractivity (Wildman–Crippen MR) is 153 cm³/mol. The van der Waals surface area contributed by atoms with Crippen molar-refractivity contribution < 1.29 is 57.5 Å². The summed E-state index contributed by atoms with van der Waals surface area (Å²) >= 11 is 0. The second-order valence-electron chi connectivity index (χ2n) is 10.4. The van der Waals surface area contributed by atoms with Crippen molar-refractivity contribution in [2.75, 3.05) is 13.7 Å². The van der Waals surface area contributed by atoms with Gasteiger partial charge in [-0.1, -0.05) is 30.3 Å². The number of rotatable bonds is 11. The van der Waals surface area contributed by atoms with Crippen molar-refractivity contribution in [1.29, 1.82) is 0 Å². The van der Waals surface area contributed by atoms with E-state index in [4.69, 9.17) is 28.4 Å². The van der Waals surface area contributed by atoms with Gasteiger partial charge in [-0.15, -0.1) is 0 Å². The minimum atomic E-state index is -2.58. The Kier molecular flexibility index (Phi) is 11.8. The molecule has 1 aromatic heterocycles. The quantitative estimate of drug-likeness (QED) is 0.211. The number of nitrogens with one attached hydrogen (secondary N) is 2. The normalized spacial score (nSPS) is 22.0. The molecule has 0 bridgehead atoms. The second kappa shape index (κ2) is 15.3. The third kappa shape index (κ3) is 8.79. The van der Waals surface area contributed by atoms with E-state index in [2.05, 4.69) is 10.3 Å². The number of esters is 4. The van der Waals surface area contributed by atoms with Gasteiger partial charge in [0.25, 0.3) is 5.56 Å². The van der Waals surface area contributed by atoms with Gasteiger partial charge >= 0.3 is 35.7 Å². The van der Waals surface area contributed by atoms with Crippen LogP contribution in [0.3, 0.4) is 0 Å². The first-order chi connectivity index (χ1) is 21.7. The zero-order chi connectivity index (χ0) is 34.2. The van der Waals surface area contributed by atoms with Crippen LogP contribution in [0, 0.1) is 6.92 Å². The first kappa shape index (κ1) is 35.4. The van der Waals surface area contributed by atoms with Crippen LogP contribution in [0.15, 0.2) is 46.1 Å². The minimum Gasteiger partial charge on any atom is -0.467 e. The summed E-state index contributed by atoms with van der Waals surface area (Å²) in [7, 11) is 1.01. The molecule has 17 heteroatoms. The van der Waals surface area contributed by atoms with Crippen LogP contribution in [0.4, 0.5) is 4.79 Å². The molecule has 17 nitrogen and oxygen atoms in total. The molecule has 1 aromatic carbocycles. The van der Waals surface area contributed by atoms with Crippen LogP contribution in [0.25, 0.3) is 0 Å². The minimum absolute atomic E-state index is 0.000907. The number of aromatic nitrogens is 2. The zero-order valence-corrected chi connectivity index (χ0v) is 25.7. The van der Waals surface area contributed by atoms with E-state index in [-0.39, 0.29) is 12.2 Å². The third-order valence-electron chi connectivity index (χ3n) is 6.92. The van der Waals surface area contributed by atoms with Gasteiger partial charge in [-0.2, -0.15) is 0 Å². The van der Waals surface area contributed by atoms with E-state index < -0.39 is 90.4 Å². The number of ether oxygens (including phenoxy) is 6. The lowest BCUT2D eigenvalue weighted by molar-refractivity contribution is -0.282. The number of aryl methyl sites for hydroxylation is 1. The van der Waals surface area contributed by atoms with E-state index in [1.807, 2.05) is 0 Å². The maximum atomic E-state index is 13.1. The van der Waals surface area contributed by atoms with Crippen molar-refractivity contribution in [2.45, 2.75) is 76.9 Å². The van der Waals surface area contributed by atoms with Crippen molar-refractivity contribution >= 4 is 30.0 Å². The number of aliphatic hydroxyl groups is 1. The molecule has 0 spiro atoms. The Bertz CT molecular complexity index is 1550. The smallest absolute Gasteiger partial charge is 0.408 e. The Morgan fingerprint density at radius 3 is 2.33 bits per heavy atom. The van der Waals surface area contributed by atoms with Gasteiger partial charge < -0.3 is 38.8 Å². The van der Waals surface area contributed by atoms with Gasteiger partial charge in [-0.05, 0) is 12.5 Å². The lowest BCUT2D eigenvalue weighted by Crippen LogP contribution is -2.68. The van der Waals surface area contributed by atoms with Crippen molar-refractivity contribution in [3.63, 3.8) is 0 Å². The number of carbonyl (C=O) groups excluding carboxylic acids is 5. The van der Waals surface area contributed by atoms with Crippen molar-refractivity contribution in [1.82, 2.24) is 14.9 Å². The summed E-state index contributed by atoms with van der Waals surface area (Å²) in [5.41, 5.74) is -3.78. The summed E-state index contributed by atoms with van der Waals surface area (Å²) in [6.45, 7) is 3.43.